The molecule has 2 nitrogen and oxygen atoms in total. The first-order valence-electron chi connectivity index (χ1n) is 6.80. The van der Waals surface area contributed by atoms with Crippen LogP contribution in [0.2, 0.25) is 0 Å². The summed E-state index contributed by atoms with van der Waals surface area (Å²) in [6.07, 6.45) is 0.165. The van der Waals surface area contributed by atoms with Crippen molar-refractivity contribution in [2.24, 2.45) is 0 Å². The number of benzene rings is 2. The molecular weight excluding hydrogens is 314 g/mol. The van der Waals surface area contributed by atoms with E-state index in [1.54, 1.807) is 0 Å². The zero-order valence-electron chi connectivity index (χ0n) is 12.1. The Labute approximate surface area is 129 Å². The van der Waals surface area contributed by atoms with Crippen molar-refractivity contribution in [1.82, 2.24) is 5.32 Å². The van der Waals surface area contributed by atoms with E-state index < -0.39 is 0 Å². The van der Waals surface area contributed by atoms with Crippen LogP contribution in [0.4, 0.5) is 0 Å². The Morgan fingerprint density at radius 2 is 1.65 bits per heavy atom. The van der Waals surface area contributed by atoms with E-state index in [1.165, 1.54) is 5.56 Å². The largest absolute Gasteiger partial charge is 0.491 e. The monoisotopic (exact) mass is 333 g/mol. The van der Waals surface area contributed by atoms with Crippen LogP contribution >= 0.6 is 15.9 Å². The fourth-order valence-electron chi connectivity index (χ4n) is 2.24. The number of hydrogen-bond donors (Lipinski definition) is 1. The Hall–Kier alpha value is -1.32. The second kappa shape index (κ2) is 6.91. The van der Waals surface area contributed by atoms with Crippen molar-refractivity contribution in [3.63, 3.8) is 0 Å². The van der Waals surface area contributed by atoms with Crippen LogP contribution in [0, 0.1) is 0 Å². The minimum absolute atomic E-state index is 0.123. The minimum Gasteiger partial charge on any atom is -0.491 e. The number of halogens is 1. The van der Waals surface area contributed by atoms with Crippen molar-refractivity contribution >= 4 is 15.9 Å². The molecule has 0 spiro atoms. The van der Waals surface area contributed by atoms with Crippen molar-refractivity contribution < 1.29 is 4.74 Å². The van der Waals surface area contributed by atoms with Crippen LogP contribution in [0.15, 0.2) is 53.0 Å². The quantitative estimate of drug-likeness (QED) is 0.866. The summed E-state index contributed by atoms with van der Waals surface area (Å²) in [5.41, 5.74) is 2.38. The van der Waals surface area contributed by atoms with Gasteiger partial charge in [0, 0.05) is 10.0 Å². The van der Waals surface area contributed by atoms with Crippen molar-refractivity contribution in [2.45, 2.75) is 26.0 Å². The number of nitrogens with one attached hydrogen (secondary N) is 1. The maximum atomic E-state index is 5.92. The fourth-order valence-corrected chi connectivity index (χ4v) is 2.50. The molecule has 0 aliphatic rings. The van der Waals surface area contributed by atoms with Gasteiger partial charge in [0.2, 0.25) is 0 Å². The van der Waals surface area contributed by atoms with Gasteiger partial charge >= 0.3 is 0 Å². The zero-order valence-corrected chi connectivity index (χ0v) is 13.6. The zero-order chi connectivity index (χ0) is 14.5. The normalized spacial score (nSPS) is 12.4. The molecule has 2 aromatic rings. The maximum Gasteiger partial charge on any atom is 0.124 e. The summed E-state index contributed by atoms with van der Waals surface area (Å²) in [5, 5.41) is 3.37. The van der Waals surface area contributed by atoms with Crippen LogP contribution in [0.5, 0.6) is 5.75 Å². The number of ether oxygens (including phenoxy) is 1. The van der Waals surface area contributed by atoms with E-state index in [-0.39, 0.29) is 12.1 Å². The van der Waals surface area contributed by atoms with Crippen LogP contribution in [-0.4, -0.2) is 13.2 Å². The molecule has 1 N–H and O–H groups in total. The maximum absolute atomic E-state index is 5.92. The summed E-state index contributed by atoms with van der Waals surface area (Å²) in [6, 6.07) is 16.7. The van der Waals surface area contributed by atoms with Crippen molar-refractivity contribution in [1.29, 1.82) is 0 Å². The van der Waals surface area contributed by atoms with Gasteiger partial charge in [0.1, 0.15) is 5.75 Å². The first-order chi connectivity index (χ1) is 9.61. The number of hydrogen-bond acceptors (Lipinski definition) is 2. The summed E-state index contributed by atoms with van der Waals surface area (Å²) in [4.78, 5) is 0. The molecule has 0 aliphatic carbocycles. The second-order valence-corrected chi connectivity index (χ2v) is 5.89. The molecule has 3 heteroatoms. The topological polar surface area (TPSA) is 21.3 Å². The van der Waals surface area contributed by atoms with Gasteiger partial charge in [0.15, 0.2) is 0 Å². The molecule has 0 heterocycles. The highest BCUT2D eigenvalue weighted by molar-refractivity contribution is 9.10. The Morgan fingerprint density at radius 3 is 2.25 bits per heavy atom. The Balaban J connectivity index is 2.38. The molecule has 1 atom stereocenters. The van der Waals surface area contributed by atoms with Crippen LogP contribution in [-0.2, 0) is 0 Å². The Kier molecular flexibility index (Phi) is 5.21. The number of rotatable bonds is 5. The Bertz CT molecular complexity index is 551. The van der Waals surface area contributed by atoms with Crippen molar-refractivity contribution in [3.8, 4) is 5.75 Å². The molecule has 0 radical (unpaired) electrons. The van der Waals surface area contributed by atoms with Gasteiger partial charge in [0.05, 0.1) is 12.1 Å². The SMILES string of the molecule is CNC(c1ccc(Br)cc1)c1ccccc1OC(C)C. The fraction of sp³-hybridized carbons (Fsp3) is 0.294. The van der Waals surface area contributed by atoms with Gasteiger partial charge in [-0.15, -0.1) is 0 Å². The summed E-state index contributed by atoms with van der Waals surface area (Å²) in [7, 11) is 1.97. The number of para-hydroxylation sites is 1. The highest BCUT2D eigenvalue weighted by Gasteiger charge is 2.16. The van der Waals surface area contributed by atoms with Crippen molar-refractivity contribution in [2.75, 3.05) is 7.05 Å². The first kappa shape index (κ1) is 15.1. The van der Waals surface area contributed by atoms with Gasteiger partial charge in [-0.2, -0.15) is 0 Å². The van der Waals surface area contributed by atoms with Crippen LogP contribution in [0.25, 0.3) is 0 Å². The summed E-state index contributed by atoms with van der Waals surface area (Å²) < 4.78 is 7.01. The Morgan fingerprint density at radius 1 is 1.00 bits per heavy atom. The highest BCUT2D eigenvalue weighted by atomic mass is 79.9. The highest BCUT2D eigenvalue weighted by Crippen LogP contribution is 2.31. The third-order valence-electron chi connectivity index (χ3n) is 3.08. The van der Waals surface area contributed by atoms with E-state index in [0.29, 0.717) is 0 Å². The van der Waals surface area contributed by atoms with Gasteiger partial charge in [-0.25, -0.2) is 0 Å². The molecule has 1 unspecified atom stereocenters. The van der Waals surface area contributed by atoms with Crippen LogP contribution in [0.3, 0.4) is 0 Å². The molecule has 0 bridgehead atoms. The second-order valence-electron chi connectivity index (χ2n) is 4.98. The molecule has 20 heavy (non-hydrogen) atoms. The van der Waals surface area contributed by atoms with Crippen molar-refractivity contribution in [3.05, 3.63) is 64.1 Å². The van der Waals surface area contributed by atoms with Gasteiger partial charge in [-0.1, -0.05) is 46.3 Å². The molecule has 106 valence electrons. The van der Waals surface area contributed by atoms with Crippen LogP contribution < -0.4 is 10.1 Å². The molecule has 0 fully saturated rings. The molecule has 0 saturated heterocycles. The molecule has 0 saturated carbocycles. The van der Waals surface area contributed by atoms with E-state index in [2.05, 4.69) is 51.6 Å². The first-order valence-corrected chi connectivity index (χ1v) is 7.59. The molecule has 2 aromatic carbocycles. The summed E-state index contributed by atoms with van der Waals surface area (Å²) in [6.45, 7) is 4.09. The lowest BCUT2D eigenvalue weighted by molar-refractivity contribution is 0.238. The lowest BCUT2D eigenvalue weighted by Crippen LogP contribution is -2.19. The van der Waals surface area contributed by atoms with Gasteiger partial charge in [0.25, 0.3) is 0 Å². The minimum atomic E-state index is 0.123. The van der Waals surface area contributed by atoms with E-state index in [0.717, 1.165) is 15.8 Å². The average Bonchev–Trinajstić information content (AvgIpc) is 2.43. The third-order valence-corrected chi connectivity index (χ3v) is 3.61. The molecular formula is C17H20BrNO. The summed E-state index contributed by atoms with van der Waals surface area (Å²) in [5.74, 6) is 0.935. The molecule has 0 amide bonds. The van der Waals surface area contributed by atoms with Gasteiger partial charge in [-0.05, 0) is 44.7 Å². The third kappa shape index (κ3) is 3.62. The van der Waals surface area contributed by atoms with E-state index in [4.69, 9.17) is 4.74 Å². The van der Waals surface area contributed by atoms with E-state index in [1.807, 2.05) is 39.1 Å². The summed E-state index contributed by atoms with van der Waals surface area (Å²) >= 11 is 3.47. The smallest absolute Gasteiger partial charge is 0.124 e. The molecule has 0 aromatic heterocycles. The lowest BCUT2D eigenvalue weighted by atomic mass is 9.98. The van der Waals surface area contributed by atoms with Gasteiger partial charge in [-0.3, -0.25) is 0 Å². The van der Waals surface area contributed by atoms with Gasteiger partial charge < -0.3 is 10.1 Å². The lowest BCUT2D eigenvalue weighted by Gasteiger charge is -2.22. The molecule has 2 rings (SSSR count). The predicted molar refractivity (Wildman–Crippen MR) is 87.3 cm³/mol. The standard InChI is InChI=1S/C17H20BrNO/c1-12(2)20-16-7-5-4-6-15(16)17(19-3)13-8-10-14(18)11-9-13/h4-12,17,19H,1-3H3. The van der Waals surface area contributed by atoms with Crippen LogP contribution in [0.1, 0.15) is 31.0 Å². The van der Waals surface area contributed by atoms with E-state index in [9.17, 15) is 0 Å². The van der Waals surface area contributed by atoms with E-state index >= 15 is 0 Å². The molecule has 0 aliphatic heterocycles. The predicted octanol–water partition coefficient (Wildman–Crippen LogP) is 4.55. The average molecular weight is 334 g/mol.